The molecule has 2 rings (SSSR count). The Balaban J connectivity index is 2.12. The highest BCUT2D eigenvalue weighted by Gasteiger charge is 2.52. The monoisotopic (exact) mass is 344 g/mol. The highest BCUT2D eigenvalue weighted by Crippen LogP contribution is 2.47. The fraction of sp³-hybridized carbons (Fsp3) is 0.429. The van der Waals surface area contributed by atoms with Crippen LogP contribution in [0, 0.1) is 11.2 Å². The molecule has 0 aliphatic heterocycles. The summed E-state index contributed by atoms with van der Waals surface area (Å²) < 4.78 is 24.1. The van der Waals surface area contributed by atoms with Gasteiger partial charge in [-0.2, -0.15) is 0 Å². The Bertz CT molecular complexity index is 540. The van der Waals surface area contributed by atoms with Crippen molar-refractivity contribution in [2.24, 2.45) is 5.41 Å². The van der Waals surface area contributed by atoms with Crippen LogP contribution in [-0.4, -0.2) is 25.5 Å². The minimum atomic E-state index is -0.621. The van der Waals surface area contributed by atoms with E-state index >= 15 is 0 Å². The standard InChI is InChI=1S/C14H14BrFO4/c1-2-19-13(18)14(3-4-14)8-20-12-9(7-17)5-10(16)6-11(12)15/h5-7H,2-4,8H2,1H3. The molecule has 1 aromatic rings. The summed E-state index contributed by atoms with van der Waals surface area (Å²) in [6.45, 7) is 2.19. The molecule has 20 heavy (non-hydrogen) atoms. The van der Waals surface area contributed by atoms with Gasteiger partial charge in [-0.1, -0.05) is 0 Å². The van der Waals surface area contributed by atoms with E-state index < -0.39 is 11.2 Å². The topological polar surface area (TPSA) is 52.6 Å². The maximum absolute atomic E-state index is 13.2. The van der Waals surface area contributed by atoms with E-state index in [-0.39, 0.29) is 23.9 Å². The van der Waals surface area contributed by atoms with Crippen LogP contribution >= 0.6 is 15.9 Å². The summed E-state index contributed by atoms with van der Waals surface area (Å²) in [6.07, 6.45) is 1.91. The highest BCUT2D eigenvalue weighted by atomic mass is 79.9. The van der Waals surface area contributed by atoms with E-state index in [0.717, 1.165) is 6.07 Å². The van der Waals surface area contributed by atoms with E-state index in [0.29, 0.717) is 30.2 Å². The van der Waals surface area contributed by atoms with E-state index in [2.05, 4.69) is 15.9 Å². The van der Waals surface area contributed by atoms with Crippen molar-refractivity contribution in [1.29, 1.82) is 0 Å². The van der Waals surface area contributed by atoms with Gasteiger partial charge in [0.25, 0.3) is 0 Å². The van der Waals surface area contributed by atoms with Gasteiger partial charge in [0.2, 0.25) is 0 Å². The molecule has 0 saturated heterocycles. The second-order valence-corrected chi connectivity index (χ2v) is 5.57. The number of aldehydes is 1. The van der Waals surface area contributed by atoms with Crippen molar-refractivity contribution in [2.45, 2.75) is 19.8 Å². The molecular formula is C14H14BrFO4. The zero-order valence-corrected chi connectivity index (χ0v) is 12.5. The lowest BCUT2D eigenvalue weighted by Crippen LogP contribution is -2.26. The lowest BCUT2D eigenvalue weighted by atomic mass is 10.1. The molecule has 1 aliphatic rings. The second kappa shape index (κ2) is 5.91. The van der Waals surface area contributed by atoms with Crippen LogP contribution in [0.1, 0.15) is 30.1 Å². The highest BCUT2D eigenvalue weighted by molar-refractivity contribution is 9.10. The Labute approximate surface area is 124 Å². The molecular weight excluding hydrogens is 331 g/mol. The van der Waals surface area contributed by atoms with E-state index in [1.807, 2.05) is 0 Å². The number of ether oxygens (including phenoxy) is 2. The van der Waals surface area contributed by atoms with Crippen LogP contribution in [-0.2, 0) is 9.53 Å². The molecule has 0 bridgehead atoms. The molecule has 1 aromatic carbocycles. The van der Waals surface area contributed by atoms with Crippen LogP contribution in [0.3, 0.4) is 0 Å². The minimum absolute atomic E-state index is 0.108. The number of esters is 1. The van der Waals surface area contributed by atoms with Crippen LogP contribution in [0.2, 0.25) is 0 Å². The van der Waals surface area contributed by atoms with E-state index in [1.165, 1.54) is 6.07 Å². The van der Waals surface area contributed by atoms with Gasteiger partial charge < -0.3 is 9.47 Å². The van der Waals surface area contributed by atoms with Gasteiger partial charge in [0.1, 0.15) is 23.6 Å². The van der Waals surface area contributed by atoms with Gasteiger partial charge in [-0.15, -0.1) is 0 Å². The molecule has 0 radical (unpaired) electrons. The lowest BCUT2D eigenvalue weighted by molar-refractivity contribution is -0.150. The van der Waals surface area contributed by atoms with Gasteiger partial charge in [0, 0.05) is 0 Å². The summed E-state index contributed by atoms with van der Waals surface area (Å²) in [5, 5.41) is 0. The van der Waals surface area contributed by atoms with Gasteiger partial charge in [-0.25, -0.2) is 4.39 Å². The molecule has 0 unspecified atom stereocenters. The fourth-order valence-corrected chi connectivity index (χ4v) is 2.43. The maximum Gasteiger partial charge on any atom is 0.315 e. The van der Waals surface area contributed by atoms with Gasteiger partial charge in [0.05, 0.1) is 16.6 Å². The van der Waals surface area contributed by atoms with Gasteiger partial charge in [-0.3, -0.25) is 9.59 Å². The smallest absolute Gasteiger partial charge is 0.315 e. The van der Waals surface area contributed by atoms with Crippen LogP contribution in [0.15, 0.2) is 16.6 Å². The first-order valence-electron chi connectivity index (χ1n) is 6.26. The first-order valence-corrected chi connectivity index (χ1v) is 7.06. The average molecular weight is 345 g/mol. The normalized spacial score (nSPS) is 15.6. The number of rotatable bonds is 6. The van der Waals surface area contributed by atoms with Gasteiger partial charge in [-0.05, 0) is 47.8 Å². The third kappa shape index (κ3) is 3.00. The molecule has 0 N–H and O–H groups in total. The Morgan fingerprint density at radius 3 is 2.75 bits per heavy atom. The number of hydrogen-bond acceptors (Lipinski definition) is 4. The number of benzene rings is 1. The fourth-order valence-electron chi connectivity index (χ4n) is 1.87. The van der Waals surface area contributed by atoms with E-state index in [4.69, 9.17) is 9.47 Å². The Hall–Kier alpha value is -1.43. The molecule has 0 heterocycles. The Morgan fingerprint density at radius 2 is 2.20 bits per heavy atom. The first kappa shape index (κ1) is 15.0. The SMILES string of the molecule is CCOC(=O)C1(COc2c(Br)cc(F)cc2C=O)CC1. The predicted molar refractivity (Wildman–Crippen MR) is 73.3 cm³/mol. The van der Waals surface area contributed by atoms with Crippen LogP contribution in [0.25, 0.3) is 0 Å². The summed E-state index contributed by atoms with van der Waals surface area (Å²) in [7, 11) is 0. The number of carbonyl (C=O) groups is 2. The van der Waals surface area contributed by atoms with Crippen molar-refractivity contribution in [3.05, 3.63) is 28.0 Å². The van der Waals surface area contributed by atoms with Gasteiger partial charge in [0.15, 0.2) is 6.29 Å². The van der Waals surface area contributed by atoms with Crippen LogP contribution < -0.4 is 4.74 Å². The third-order valence-corrected chi connectivity index (χ3v) is 3.81. The second-order valence-electron chi connectivity index (χ2n) is 4.71. The van der Waals surface area contributed by atoms with Crippen molar-refractivity contribution in [3.63, 3.8) is 0 Å². The molecule has 1 aliphatic carbocycles. The number of hydrogen-bond donors (Lipinski definition) is 0. The van der Waals surface area contributed by atoms with Crippen molar-refractivity contribution in [1.82, 2.24) is 0 Å². The molecule has 6 heteroatoms. The molecule has 1 fully saturated rings. The zero-order chi connectivity index (χ0) is 14.8. The van der Waals surface area contributed by atoms with Crippen LogP contribution in [0.4, 0.5) is 4.39 Å². The zero-order valence-electron chi connectivity index (χ0n) is 10.9. The molecule has 0 spiro atoms. The quantitative estimate of drug-likeness (QED) is 0.587. The summed E-state index contributed by atoms with van der Waals surface area (Å²) in [4.78, 5) is 22.7. The maximum atomic E-state index is 13.2. The summed E-state index contributed by atoms with van der Waals surface area (Å²) in [6, 6.07) is 2.31. The average Bonchev–Trinajstić information content (AvgIpc) is 3.18. The minimum Gasteiger partial charge on any atom is -0.490 e. The molecule has 1 saturated carbocycles. The van der Waals surface area contributed by atoms with Crippen molar-refractivity contribution >= 4 is 28.2 Å². The third-order valence-electron chi connectivity index (χ3n) is 3.22. The lowest BCUT2D eigenvalue weighted by Gasteiger charge is -2.16. The first-order chi connectivity index (χ1) is 9.52. The van der Waals surface area contributed by atoms with E-state index in [9.17, 15) is 14.0 Å². The predicted octanol–water partition coefficient (Wildman–Crippen LogP) is 3.12. The van der Waals surface area contributed by atoms with Gasteiger partial charge >= 0.3 is 5.97 Å². The molecule has 0 amide bonds. The van der Waals surface area contributed by atoms with Crippen LogP contribution in [0.5, 0.6) is 5.75 Å². The number of halogens is 2. The van der Waals surface area contributed by atoms with Crippen molar-refractivity contribution in [3.8, 4) is 5.75 Å². The Morgan fingerprint density at radius 1 is 1.50 bits per heavy atom. The molecule has 0 aromatic heterocycles. The molecule has 0 atom stereocenters. The number of carbonyl (C=O) groups excluding carboxylic acids is 2. The largest absolute Gasteiger partial charge is 0.490 e. The van der Waals surface area contributed by atoms with E-state index in [1.54, 1.807) is 6.92 Å². The molecule has 108 valence electrons. The summed E-state index contributed by atoms with van der Waals surface area (Å²) in [5.41, 5.74) is -0.513. The molecule has 4 nitrogen and oxygen atoms in total. The summed E-state index contributed by atoms with van der Waals surface area (Å²) in [5.74, 6) is -0.569. The Kier molecular flexibility index (Phi) is 4.42. The van der Waals surface area contributed by atoms with Crippen molar-refractivity contribution < 1.29 is 23.5 Å². The summed E-state index contributed by atoms with van der Waals surface area (Å²) >= 11 is 3.15. The van der Waals surface area contributed by atoms with Crippen molar-refractivity contribution in [2.75, 3.05) is 13.2 Å².